The summed E-state index contributed by atoms with van der Waals surface area (Å²) >= 11 is 1.44. The topological polar surface area (TPSA) is 92.0 Å². The Balaban J connectivity index is 1.66. The van der Waals surface area contributed by atoms with Gasteiger partial charge in [0.05, 0.1) is 11.4 Å². The van der Waals surface area contributed by atoms with E-state index in [0.29, 0.717) is 22.7 Å². The number of aromatic nitrogens is 4. The zero-order valence-corrected chi connectivity index (χ0v) is 16.2. The van der Waals surface area contributed by atoms with Gasteiger partial charge in [-0.25, -0.2) is 4.68 Å². The van der Waals surface area contributed by atoms with Crippen LogP contribution in [0.2, 0.25) is 0 Å². The second-order valence-corrected chi connectivity index (χ2v) is 7.42. The van der Waals surface area contributed by atoms with Gasteiger partial charge >= 0.3 is 0 Å². The first-order valence-corrected chi connectivity index (χ1v) is 9.40. The van der Waals surface area contributed by atoms with Crippen LogP contribution in [0.3, 0.4) is 0 Å². The summed E-state index contributed by atoms with van der Waals surface area (Å²) in [4.78, 5) is 0. The summed E-state index contributed by atoms with van der Waals surface area (Å²) in [5, 5.41) is 12.7. The van der Waals surface area contributed by atoms with E-state index >= 15 is 0 Å². The van der Waals surface area contributed by atoms with Gasteiger partial charge < -0.3 is 15.1 Å². The first-order valence-electron chi connectivity index (χ1n) is 8.41. The fraction of sp³-hybridized carbons (Fsp3) is 0.389. The van der Waals surface area contributed by atoms with Gasteiger partial charge in [0.2, 0.25) is 5.16 Å². The Labute approximate surface area is 156 Å². The van der Waals surface area contributed by atoms with E-state index < -0.39 is 0 Å². The number of nitrogens with zero attached hydrogens (tertiary/aromatic N) is 4. The standard InChI is InChI=1S/C18H23N5O2S/c1-11(2)15-6-5-12(3)7-16(15)24-9-17-20-21-18(23(17)19)26-10-14-8-13(4)22-25-14/h5-8,11H,9-10,19H2,1-4H3. The van der Waals surface area contributed by atoms with Crippen LogP contribution in [0.4, 0.5) is 0 Å². The quantitative estimate of drug-likeness (QED) is 0.500. The Morgan fingerprint density at radius 2 is 2.04 bits per heavy atom. The maximum atomic E-state index is 6.11. The smallest absolute Gasteiger partial charge is 0.210 e. The predicted octanol–water partition coefficient (Wildman–Crippen LogP) is 3.59. The van der Waals surface area contributed by atoms with E-state index in [-0.39, 0.29) is 6.61 Å². The van der Waals surface area contributed by atoms with E-state index in [1.54, 1.807) is 0 Å². The van der Waals surface area contributed by atoms with E-state index in [1.165, 1.54) is 16.4 Å². The van der Waals surface area contributed by atoms with Crippen molar-refractivity contribution < 1.29 is 9.26 Å². The van der Waals surface area contributed by atoms with Crippen LogP contribution in [-0.2, 0) is 12.4 Å². The molecule has 0 spiro atoms. The molecule has 0 aliphatic rings. The number of benzene rings is 1. The molecule has 8 heteroatoms. The van der Waals surface area contributed by atoms with Crippen molar-refractivity contribution in [3.05, 3.63) is 52.7 Å². The zero-order valence-electron chi connectivity index (χ0n) is 15.4. The minimum Gasteiger partial charge on any atom is -0.485 e. The normalized spacial score (nSPS) is 11.3. The maximum Gasteiger partial charge on any atom is 0.210 e. The molecule has 0 aliphatic carbocycles. The number of aryl methyl sites for hydroxylation is 2. The van der Waals surface area contributed by atoms with Crippen molar-refractivity contribution in [3.63, 3.8) is 0 Å². The Morgan fingerprint density at radius 3 is 2.73 bits per heavy atom. The number of rotatable bonds is 7. The molecule has 0 saturated heterocycles. The van der Waals surface area contributed by atoms with E-state index in [1.807, 2.05) is 26.0 Å². The molecular weight excluding hydrogens is 350 g/mol. The van der Waals surface area contributed by atoms with Crippen LogP contribution in [-0.4, -0.2) is 20.0 Å². The summed E-state index contributed by atoms with van der Waals surface area (Å²) in [5.74, 6) is 9.27. The lowest BCUT2D eigenvalue weighted by Crippen LogP contribution is -2.16. The third-order valence-electron chi connectivity index (χ3n) is 3.90. The van der Waals surface area contributed by atoms with Crippen molar-refractivity contribution in [2.45, 2.75) is 51.1 Å². The SMILES string of the molecule is Cc1ccc(C(C)C)c(OCc2nnc(SCc3cc(C)no3)n2N)c1. The highest BCUT2D eigenvalue weighted by atomic mass is 32.2. The Morgan fingerprint density at radius 1 is 1.23 bits per heavy atom. The van der Waals surface area contributed by atoms with Crippen molar-refractivity contribution in [3.8, 4) is 5.75 Å². The highest BCUT2D eigenvalue weighted by Gasteiger charge is 2.14. The van der Waals surface area contributed by atoms with Gasteiger partial charge in [0.15, 0.2) is 5.82 Å². The summed E-state index contributed by atoms with van der Waals surface area (Å²) in [6.45, 7) is 8.47. The molecule has 2 aromatic heterocycles. The first kappa shape index (κ1) is 18.3. The van der Waals surface area contributed by atoms with Gasteiger partial charge in [0.25, 0.3) is 0 Å². The molecule has 138 valence electrons. The number of hydrogen-bond acceptors (Lipinski definition) is 7. The number of ether oxygens (including phenoxy) is 1. The molecule has 1 aromatic carbocycles. The number of hydrogen-bond donors (Lipinski definition) is 1. The highest BCUT2D eigenvalue weighted by molar-refractivity contribution is 7.98. The van der Waals surface area contributed by atoms with E-state index in [0.717, 1.165) is 28.3 Å². The van der Waals surface area contributed by atoms with Crippen LogP contribution in [0.5, 0.6) is 5.75 Å². The molecule has 3 rings (SSSR count). The summed E-state index contributed by atoms with van der Waals surface area (Å²) in [7, 11) is 0. The molecule has 26 heavy (non-hydrogen) atoms. The highest BCUT2D eigenvalue weighted by Crippen LogP contribution is 2.28. The molecular formula is C18H23N5O2S. The van der Waals surface area contributed by atoms with Gasteiger partial charge in [0.1, 0.15) is 18.1 Å². The van der Waals surface area contributed by atoms with Gasteiger partial charge in [-0.2, -0.15) is 0 Å². The molecule has 0 fully saturated rings. The minimum absolute atomic E-state index is 0.259. The molecule has 0 bridgehead atoms. The molecule has 0 unspecified atom stereocenters. The number of thioether (sulfide) groups is 1. The minimum atomic E-state index is 0.259. The average molecular weight is 373 g/mol. The predicted molar refractivity (Wildman–Crippen MR) is 101 cm³/mol. The van der Waals surface area contributed by atoms with E-state index in [9.17, 15) is 0 Å². The van der Waals surface area contributed by atoms with Crippen molar-refractivity contribution in [1.29, 1.82) is 0 Å². The van der Waals surface area contributed by atoms with Crippen LogP contribution < -0.4 is 10.6 Å². The molecule has 3 aromatic rings. The lowest BCUT2D eigenvalue weighted by atomic mass is 10.0. The van der Waals surface area contributed by atoms with Crippen molar-refractivity contribution in [1.82, 2.24) is 20.0 Å². The first-order chi connectivity index (χ1) is 12.4. The Bertz CT molecular complexity index is 888. The van der Waals surface area contributed by atoms with Gasteiger partial charge in [-0.1, -0.05) is 42.9 Å². The molecule has 0 atom stereocenters. The molecule has 0 saturated carbocycles. The van der Waals surface area contributed by atoms with Crippen LogP contribution in [0.25, 0.3) is 0 Å². The fourth-order valence-corrected chi connectivity index (χ4v) is 3.26. The number of nitrogens with two attached hydrogens (primary N) is 1. The summed E-state index contributed by atoms with van der Waals surface area (Å²) in [6, 6.07) is 8.12. The Kier molecular flexibility index (Phi) is 5.51. The molecule has 2 heterocycles. The molecule has 0 aliphatic heterocycles. The molecule has 0 radical (unpaired) electrons. The van der Waals surface area contributed by atoms with Crippen molar-refractivity contribution in [2.24, 2.45) is 0 Å². The summed E-state index contributed by atoms with van der Waals surface area (Å²) in [5.41, 5.74) is 3.16. The van der Waals surface area contributed by atoms with Gasteiger partial charge in [-0.3, -0.25) is 0 Å². The second kappa shape index (κ2) is 7.82. The largest absolute Gasteiger partial charge is 0.485 e. The summed E-state index contributed by atoms with van der Waals surface area (Å²) in [6.07, 6.45) is 0. The van der Waals surface area contributed by atoms with Gasteiger partial charge in [-0.05, 0) is 37.0 Å². The number of nitrogen functional groups attached to an aromatic ring is 1. The maximum absolute atomic E-state index is 6.11. The molecule has 2 N–H and O–H groups in total. The zero-order chi connectivity index (χ0) is 18.7. The van der Waals surface area contributed by atoms with Crippen LogP contribution in [0.15, 0.2) is 33.9 Å². The fourth-order valence-electron chi connectivity index (χ4n) is 2.51. The van der Waals surface area contributed by atoms with Crippen molar-refractivity contribution >= 4 is 11.8 Å². The average Bonchev–Trinajstić information content (AvgIpc) is 3.16. The second-order valence-electron chi connectivity index (χ2n) is 6.48. The monoisotopic (exact) mass is 373 g/mol. The van der Waals surface area contributed by atoms with Gasteiger partial charge in [-0.15, -0.1) is 10.2 Å². The van der Waals surface area contributed by atoms with Gasteiger partial charge in [0, 0.05) is 6.07 Å². The third-order valence-corrected chi connectivity index (χ3v) is 4.87. The lowest BCUT2D eigenvalue weighted by Gasteiger charge is -2.14. The molecule has 0 amide bonds. The van der Waals surface area contributed by atoms with E-state index in [4.69, 9.17) is 15.1 Å². The van der Waals surface area contributed by atoms with Crippen LogP contribution in [0.1, 0.15) is 48.2 Å². The van der Waals surface area contributed by atoms with Crippen LogP contribution in [0, 0.1) is 13.8 Å². The van der Waals surface area contributed by atoms with Crippen LogP contribution >= 0.6 is 11.8 Å². The third kappa shape index (κ3) is 4.19. The van der Waals surface area contributed by atoms with Crippen molar-refractivity contribution in [2.75, 3.05) is 5.84 Å². The molecule has 7 nitrogen and oxygen atoms in total. The lowest BCUT2D eigenvalue weighted by molar-refractivity contribution is 0.287. The Hall–Kier alpha value is -2.48. The van der Waals surface area contributed by atoms with E-state index in [2.05, 4.69) is 41.3 Å². The summed E-state index contributed by atoms with van der Waals surface area (Å²) < 4.78 is 12.6.